The Hall–Kier alpha value is -5.96. The summed E-state index contributed by atoms with van der Waals surface area (Å²) in [7, 11) is 0. The number of thiophene rings is 1. The van der Waals surface area contributed by atoms with Crippen molar-refractivity contribution in [1.82, 2.24) is 0 Å². The van der Waals surface area contributed by atoms with Crippen molar-refractivity contribution < 1.29 is 4.42 Å². The van der Waals surface area contributed by atoms with Gasteiger partial charge in [-0.25, -0.2) is 0 Å². The van der Waals surface area contributed by atoms with Crippen LogP contribution in [-0.4, -0.2) is 0 Å². The molecule has 0 radical (unpaired) electrons. The van der Waals surface area contributed by atoms with Gasteiger partial charge in [-0.05, 0) is 86.3 Å². The first kappa shape index (κ1) is 27.2. The first-order chi connectivity index (χ1) is 23.7. The van der Waals surface area contributed by atoms with E-state index < -0.39 is 0 Å². The van der Waals surface area contributed by atoms with Crippen LogP contribution in [0.25, 0.3) is 98.7 Å². The van der Waals surface area contributed by atoms with Crippen LogP contribution in [0.15, 0.2) is 150 Å². The predicted octanol–water partition coefficient (Wildman–Crippen LogP) is 13.8. The molecule has 1 nitrogen and oxygen atoms in total. The van der Waals surface area contributed by atoms with Gasteiger partial charge in [0.1, 0.15) is 11.2 Å². The lowest BCUT2D eigenvalue weighted by Crippen LogP contribution is -1.76. The first-order valence-electron chi connectivity index (χ1n) is 16.3. The number of hydrogen-bond donors (Lipinski definition) is 0. The second kappa shape index (κ2) is 10.8. The van der Waals surface area contributed by atoms with Crippen molar-refractivity contribution in [2.24, 2.45) is 0 Å². The maximum atomic E-state index is 6.62. The van der Waals surface area contributed by atoms with Crippen molar-refractivity contribution >= 4 is 110 Å². The highest BCUT2D eigenvalue weighted by Gasteiger charge is 2.15. The third kappa shape index (κ3) is 4.53. The Kier molecular flexibility index (Phi) is 6.12. The highest BCUT2D eigenvalue weighted by molar-refractivity contribution is 7.26. The van der Waals surface area contributed by atoms with Crippen LogP contribution in [0.1, 0.15) is 22.3 Å². The lowest BCUT2D eigenvalue weighted by atomic mass is 10.0. The number of rotatable bonds is 4. The summed E-state index contributed by atoms with van der Waals surface area (Å²) < 4.78 is 9.22. The minimum atomic E-state index is 0.914. The molecule has 224 valence electrons. The highest BCUT2D eigenvalue weighted by Crippen LogP contribution is 2.42. The van der Waals surface area contributed by atoms with Crippen molar-refractivity contribution in [3.8, 4) is 0 Å². The Morgan fingerprint density at radius 3 is 1.48 bits per heavy atom. The lowest BCUT2D eigenvalue weighted by Gasteiger charge is -2.01. The molecule has 0 atom stereocenters. The fourth-order valence-electron chi connectivity index (χ4n) is 7.12. The van der Waals surface area contributed by atoms with Crippen LogP contribution in [0.4, 0.5) is 0 Å². The van der Waals surface area contributed by atoms with E-state index >= 15 is 0 Å². The third-order valence-electron chi connectivity index (χ3n) is 9.60. The zero-order chi connectivity index (χ0) is 31.6. The molecule has 0 saturated carbocycles. The monoisotopic (exact) mass is 628 g/mol. The Labute approximate surface area is 281 Å². The fraction of sp³-hybridized carbons (Fsp3) is 0. The highest BCUT2D eigenvalue weighted by atomic mass is 32.1. The molecule has 0 spiro atoms. The van der Waals surface area contributed by atoms with Crippen LogP contribution in [0.3, 0.4) is 0 Å². The van der Waals surface area contributed by atoms with E-state index in [-0.39, 0.29) is 0 Å². The Morgan fingerprint density at radius 1 is 0.375 bits per heavy atom. The van der Waals surface area contributed by atoms with E-state index in [0.29, 0.717) is 0 Å². The van der Waals surface area contributed by atoms with Crippen molar-refractivity contribution in [2.75, 3.05) is 0 Å². The van der Waals surface area contributed by atoms with Gasteiger partial charge in [0.2, 0.25) is 0 Å². The summed E-state index contributed by atoms with van der Waals surface area (Å²) in [5.41, 5.74) is 6.59. The molecule has 10 rings (SSSR count). The maximum Gasteiger partial charge on any atom is 0.143 e. The van der Waals surface area contributed by atoms with Crippen LogP contribution < -0.4 is 0 Å². The van der Waals surface area contributed by atoms with Crippen LogP contribution in [0, 0.1) is 0 Å². The summed E-state index contributed by atoms with van der Waals surface area (Å²) in [4.78, 5) is 0. The number of hydrogen-bond acceptors (Lipinski definition) is 2. The average molecular weight is 629 g/mol. The van der Waals surface area contributed by atoms with E-state index in [2.05, 4.69) is 170 Å². The number of fused-ring (bicyclic) bond motifs is 11. The Morgan fingerprint density at radius 2 is 0.833 bits per heavy atom. The van der Waals surface area contributed by atoms with Gasteiger partial charge in [0.15, 0.2) is 0 Å². The Bertz CT molecular complexity index is 2750. The molecule has 0 saturated heterocycles. The Balaban J connectivity index is 1.01. The second-order valence-electron chi connectivity index (χ2n) is 12.6. The van der Waals surface area contributed by atoms with E-state index in [0.717, 1.165) is 32.9 Å². The third-order valence-corrected chi connectivity index (χ3v) is 10.8. The van der Waals surface area contributed by atoms with Gasteiger partial charge in [0, 0.05) is 41.7 Å². The molecule has 0 N–H and O–H groups in total. The summed E-state index contributed by atoms with van der Waals surface area (Å²) in [6, 6.07) is 52.6. The van der Waals surface area contributed by atoms with Gasteiger partial charge in [0.25, 0.3) is 0 Å². The summed E-state index contributed by atoms with van der Waals surface area (Å²) in [5.74, 6) is 0. The standard InChI is InChI=1S/C46H28OS/c1-3-7-35-25-29(13-17-33(35)5-1)9-11-31-15-19-37-39-21-24-42-40(45(39)47-43(37)27-31)22-23-41-38-20-16-32(28-44(38)48-46(41)42)12-10-30-14-18-34-6-2-4-8-36(34)26-30/h1-28H/b11-9+,12-10+. The minimum absolute atomic E-state index is 0.914. The number of furan rings is 1. The maximum absolute atomic E-state index is 6.62. The fourth-order valence-corrected chi connectivity index (χ4v) is 8.40. The van der Waals surface area contributed by atoms with Crippen LogP contribution in [0.5, 0.6) is 0 Å². The van der Waals surface area contributed by atoms with Crippen molar-refractivity contribution in [3.05, 3.63) is 168 Å². The molecule has 0 aliphatic carbocycles. The molecule has 2 heteroatoms. The zero-order valence-corrected chi connectivity index (χ0v) is 26.8. The first-order valence-corrected chi connectivity index (χ1v) is 17.1. The largest absolute Gasteiger partial charge is 0.455 e. The predicted molar refractivity (Wildman–Crippen MR) is 210 cm³/mol. The quantitative estimate of drug-likeness (QED) is 0.177. The molecule has 2 aromatic heterocycles. The van der Waals surface area contributed by atoms with E-state index in [9.17, 15) is 0 Å². The summed E-state index contributed by atoms with van der Waals surface area (Å²) in [6.45, 7) is 0. The van der Waals surface area contributed by atoms with Gasteiger partial charge in [-0.15, -0.1) is 11.3 Å². The summed E-state index contributed by atoms with van der Waals surface area (Å²) >= 11 is 1.87. The van der Waals surface area contributed by atoms with Crippen molar-refractivity contribution in [3.63, 3.8) is 0 Å². The summed E-state index contributed by atoms with van der Waals surface area (Å²) in [5, 5.41) is 12.3. The molecule has 0 fully saturated rings. The zero-order valence-electron chi connectivity index (χ0n) is 26.0. The molecule has 2 heterocycles. The van der Waals surface area contributed by atoms with Gasteiger partial charge in [-0.2, -0.15) is 0 Å². The SMILES string of the molecule is C(=C\c1ccc2c(c1)oc1c2ccc2c1ccc1c3ccc(/C=C/c4ccc5ccccc5c4)cc3sc12)/c1ccc2ccccc2c1. The van der Waals surface area contributed by atoms with Gasteiger partial charge >= 0.3 is 0 Å². The molecule has 8 aromatic carbocycles. The molecule has 0 bridgehead atoms. The summed E-state index contributed by atoms with van der Waals surface area (Å²) in [6.07, 6.45) is 8.77. The molecule has 10 aromatic rings. The van der Waals surface area contributed by atoms with Crippen LogP contribution in [-0.2, 0) is 0 Å². The lowest BCUT2D eigenvalue weighted by molar-refractivity contribution is 0.672. The van der Waals surface area contributed by atoms with E-state index in [4.69, 9.17) is 4.42 Å². The van der Waals surface area contributed by atoms with Gasteiger partial charge in [-0.1, -0.05) is 127 Å². The van der Waals surface area contributed by atoms with Crippen molar-refractivity contribution in [1.29, 1.82) is 0 Å². The van der Waals surface area contributed by atoms with E-state index in [1.165, 1.54) is 63.8 Å². The van der Waals surface area contributed by atoms with Gasteiger partial charge < -0.3 is 4.42 Å². The molecule has 0 aliphatic rings. The molecule has 0 aliphatic heterocycles. The topological polar surface area (TPSA) is 13.1 Å². The molecule has 0 amide bonds. The van der Waals surface area contributed by atoms with Crippen molar-refractivity contribution in [2.45, 2.75) is 0 Å². The molecule has 48 heavy (non-hydrogen) atoms. The van der Waals surface area contributed by atoms with E-state index in [1.807, 2.05) is 11.3 Å². The smallest absolute Gasteiger partial charge is 0.143 e. The average Bonchev–Trinajstić information content (AvgIpc) is 3.71. The number of benzene rings is 8. The molecular weight excluding hydrogens is 601 g/mol. The minimum Gasteiger partial charge on any atom is -0.455 e. The molecular formula is C46H28OS. The van der Waals surface area contributed by atoms with Crippen LogP contribution >= 0.6 is 11.3 Å². The van der Waals surface area contributed by atoms with E-state index in [1.54, 1.807) is 0 Å². The van der Waals surface area contributed by atoms with Gasteiger partial charge in [-0.3, -0.25) is 0 Å². The van der Waals surface area contributed by atoms with Gasteiger partial charge in [0.05, 0.1) is 0 Å². The molecule has 0 unspecified atom stereocenters. The van der Waals surface area contributed by atoms with Crippen LogP contribution in [0.2, 0.25) is 0 Å². The second-order valence-corrected chi connectivity index (χ2v) is 13.6. The normalized spacial score (nSPS) is 12.4.